The third kappa shape index (κ3) is 5.19. The molecule has 0 saturated heterocycles. The summed E-state index contributed by atoms with van der Waals surface area (Å²) in [7, 11) is 0. The predicted molar refractivity (Wildman–Crippen MR) is 116 cm³/mol. The minimum absolute atomic E-state index is 0.0274. The van der Waals surface area contributed by atoms with E-state index >= 15 is 0 Å². The van der Waals surface area contributed by atoms with Gasteiger partial charge in [-0.05, 0) is 107 Å². The van der Waals surface area contributed by atoms with Crippen LogP contribution in [-0.4, -0.2) is 12.6 Å². The van der Waals surface area contributed by atoms with Gasteiger partial charge in [0, 0.05) is 0 Å². The first kappa shape index (κ1) is 21.4. The molecule has 0 unspecified atom stereocenters. The molecule has 0 bridgehead atoms. The summed E-state index contributed by atoms with van der Waals surface area (Å²) in [6, 6.07) is 9.49. The normalized spacial score (nSPS) is 30.8. The summed E-state index contributed by atoms with van der Waals surface area (Å²) in [5.41, 5.74) is 2.81. The van der Waals surface area contributed by atoms with Gasteiger partial charge in [0.2, 0.25) is 0 Å². The molecule has 0 amide bonds. The molecule has 2 fully saturated rings. The molecule has 0 atom stereocenters. The van der Waals surface area contributed by atoms with Crippen molar-refractivity contribution in [3.63, 3.8) is 0 Å². The number of unbranched alkanes of at least 4 members (excludes halogenated alkanes) is 1. The van der Waals surface area contributed by atoms with Crippen molar-refractivity contribution in [2.75, 3.05) is 6.61 Å². The molecule has 0 N–H and O–H groups in total. The van der Waals surface area contributed by atoms with E-state index < -0.39 is 0 Å². The minimum Gasteiger partial charge on any atom is -0.466 e. The summed E-state index contributed by atoms with van der Waals surface area (Å²) >= 11 is 0. The smallest absolute Gasteiger partial charge is 0.311 e. The van der Waals surface area contributed by atoms with Crippen LogP contribution in [-0.2, 0) is 16.0 Å². The molecule has 2 saturated carbocycles. The van der Waals surface area contributed by atoms with Gasteiger partial charge in [0.15, 0.2) is 0 Å². The lowest BCUT2D eigenvalue weighted by atomic mass is 9.64. The van der Waals surface area contributed by atoms with Gasteiger partial charge >= 0.3 is 5.97 Å². The fraction of sp³-hybridized carbons (Fsp3) is 0.731. The van der Waals surface area contributed by atoms with E-state index in [1.807, 2.05) is 6.92 Å². The predicted octanol–water partition coefficient (Wildman–Crippen LogP) is 7.06. The van der Waals surface area contributed by atoms with E-state index in [1.54, 1.807) is 5.56 Å². The highest BCUT2D eigenvalue weighted by molar-refractivity contribution is 5.76. The second-order valence-electron chi connectivity index (χ2n) is 9.58. The largest absolute Gasteiger partial charge is 0.466 e. The Morgan fingerprint density at radius 1 is 0.964 bits per heavy atom. The van der Waals surface area contributed by atoms with Gasteiger partial charge in [-0.3, -0.25) is 4.79 Å². The second kappa shape index (κ2) is 9.94. The molecule has 0 radical (unpaired) electrons. The molecule has 28 heavy (non-hydrogen) atoms. The number of esters is 1. The van der Waals surface area contributed by atoms with Crippen molar-refractivity contribution < 1.29 is 9.53 Å². The molecule has 2 aliphatic rings. The monoisotopic (exact) mass is 384 g/mol. The Kier molecular flexibility index (Phi) is 7.60. The van der Waals surface area contributed by atoms with Gasteiger partial charge in [-0.2, -0.15) is 0 Å². The highest BCUT2D eigenvalue weighted by atomic mass is 16.5. The number of rotatable bonds is 7. The molecule has 3 rings (SSSR count). The lowest BCUT2D eigenvalue weighted by Crippen LogP contribution is -2.36. The summed E-state index contributed by atoms with van der Waals surface area (Å²) in [6.45, 7) is 6.78. The maximum absolute atomic E-state index is 12.3. The zero-order valence-electron chi connectivity index (χ0n) is 18.3. The van der Waals surface area contributed by atoms with Gasteiger partial charge < -0.3 is 4.74 Å². The van der Waals surface area contributed by atoms with Crippen LogP contribution in [0.25, 0.3) is 0 Å². The van der Waals surface area contributed by atoms with Crippen molar-refractivity contribution in [1.82, 2.24) is 0 Å². The van der Waals surface area contributed by atoms with Gasteiger partial charge in [-0.1, -0.05) is 37.6 Å². The Hall–Kier alpha value is -1.31. The molecule has 1 aromatic carbocycles. The minimum atomic E-state index is -0.233. The van der Waals surface area contributed by atoms with Crippen LogP contribution in [0.15, 0.2) is 24.3 Å². The van der Waals surface area contributed by atoms with Crippen molar-refractivity contribution in [3.05, 3.63) is 35.4 Å². The molecule has 1 aromatic rings. The topological polar surface area (TPSA) is 26.3 Å². The molecule has 0 aliphatic heterocycles. The fourth-order valence-electron chi connectivity index (χ4n) is 5.52. The Labute approximate surface area is 172 Å². The van der Waals surface area contributed by atoms with Crippen LogP contribution in [0.2, 0.25) is 0 Å². The van der Waals surface area contributed by atoms with Gasteiger partial charge in [-0.15, -0.1) is 0 Å². The molecule has 0 heterocycles. The Balaban J connectivity index is 1.46. The number of aryl methyl sites for hydroxylation is 1. The number of hydrogen-bond donors (Lipinski definition) is 0. The van der Waals surface area contributed by atoms with Gasteiger partial charge in [0.1, 0.15) is 0 Å². The van der Waals surface area contributed by atoms with E-state index in [9.17, 15) is 4.79 Å². The average molecular weight is 385 g/mol. The third-order valence-corrected chi connectivity index (χ3v) is 7.61. The molecular weight excluding hydrogens is 344 g/mol. The van der Waals surface area contributed by atoms with E-state index in [2.05, 4.69) is 38.1 Å². The van der Waals surface area contributed by atoms with E-state index in [1.165, 1.54) is 63.4 Å². The summed E-state index contributed by atoms with van der Waals surface area (Å²) in [4.78, 5) is 12.3. The van der Waals surface area contributed by atoms with Crippen molar-refractivity contribution in [2.24, 2.45) is 17.3 Å². The van der Waals surface area contributed by atoms with Crippen LogP contribution < -0.4 is 0 Å². The second-order valence-corrected chi connectivity index (χ2v) is 9.58. The summed E-state index contributed by atoms with van der Waals surface area (Å²) in [5, 5.41) is 0. The number of ether oxygens (including phenoxy) is 1. The van der Waals surface area contributed by atoms with E-state index in [0.29, 0.717) is 6.61 Å². The zero-order valence-corrected chi connectivity index (χ0v) is 18.3. The van der Waals surface area contributed by atoms with Crippen LogP contribution in [0.3, 0.4) is 0 Å². The highest BCUT2D eigenvalue weighted by Crippen LogP contribution is 2.47. The maximum Gasteiger partial charge on any atom is 0.311 e. The summed E-state index contributed by atoms with van der Waals surface area (Å²) in [6.07, 6.45) is 13.6. The van der Waals surface area contributed by atoms with E-state index in [0.717, 1.165) is 30.6 Å². The van der Waals surface area contributed by atoms with Crippen molar-refractivity contribution in [2.45, 2.75) is 97.3 Å². The van der Waals surface area contributed by atoms with Gasteiger partial charge in [0.05, 0.1) is 12.0 Å². The van der Waals surface area contributed by atoms with Crippen LogP contribution in [0, 0.1) is 17.3 Å². The van der Waals surface area contributed by atoms with Crippen LogP contribution in [0.5, 0.6) is 0 Å². The van der Waals surface area contributed by atoms with Crippen LogP contribution >= 0.6 is 0 Å². The number of carbonyl (C=O) groups is 1. The number of benzene rings is 1. The maximum atomic E-state index is 12.3. The lowest BCUT2D eigenvalue weighted by Gasteiger charge is -2.41. The SMILES string of the molecule is CCCCc1ccc(C2CCC(C3CCC(C)(C(=O)OCC)CC3)CC2)cc1. The molecule has 2 heteroatoms. The highest BCUT2D eigenvalue weighted by Gasteiger charge is 2.41. The lowest BCUT2D eigenvalue weighted by molar-refractivity contribution is -0.157. The standard InChI is InChI=1S/C26H40O2/c1-4-6-7-20-8-10-21(11-9-20)22-12-14-23(15-13-22)24-16-18-26(3,19-17-24)25(27)28-5-2/h8-11,22-24H,4-7,12-19H2,1-3H3. The number of hydrogen-bond acceptors (Lipinski definition) is 2. The fourth-order valence-corrected chi connectivity index (χ4v) is 5.52. The Bertz CT molecular complexity index is 602. The molecule has 156 valence electrons. The first-order valence-electron chi connectivity index (χ1n) is 11.8. The average Bonchev–Trinajstić information content (AvgIpc) is 2.73. The Morgan fingerprint density at radius 3 is 2.14 bits per heavy atom. The van der Waals surface area contributed by atoms with E-state index in [4.69, 9.17) is 4.74 Å². The van der Waals surface area contributed by atoms with Crippen LogP contribution in [0.1, 0.15) is 102 Å². The summed E-state index contributed by atoms with van der Waals surface area (Å²) in [5.74, 6) is 2.47. The van der Waals surface area contributed by atoms with Crippen LogP contribution in [0.4, 0.5) is 0 Å². The zero-order chi connectivity index (χ0) is 20.0. The van der Waals surface area contributed by atoms with Gasteiger partial charge in [-0.25, -0.2) is 0 Å². The molecular formula is C26H40O2. The van der Waals surface area contributed by atoms with Crippen molar-refractivity contribution >= 4 is 5.97 Å². The molecule has 2 nitrogen and oxygen atoms in total. The van der Waals surface area contributed by atoms with Crippen molar-refractivity contribution in [1.29, 1.82) is 0 Å². The molecule has 2 aliphatic carbocycles. The molecule has 0 aromatic heterocycles. The van der Waals surface area contributed by atoms with Gasteiger partial charge in [0.25, 0.3) is 0 Å². The quantitative estimate of drug-likeness (QED) is 0.470. The first-order chi connectivity index (χ1) is 13.6. The van der Waals surface area contributed by atoms with E-state index in [-0.39, 0.29) is 11.4 Å². The number of carbonyl (C=O) groups excluding carboxylic acids is 1. The van der Waals surface area contributed by atoms with Crippen molar-refractivity contribution in [3.8, 4) is 0 Å². The third-order valence-electron chi connectivity index (χ3n) is 7.61. The Morgan fingerprint density at radius 2 is 1.57 bits per heavy atom. The summed E-state index contributed by atoms with van der Waals surface area (Å²) < 4.78 is 5.32. The first-order valence-corrected chi connectivity index (χ1v) is 11.8. The molecule has 0 spiro atoms.